The maximum Gasteiger partial charge on any atom is 0.119 e. The normalized spacial score (nSPS) is 11.0. The van der Waals surface area contributed by atoms with E-state index in [1.54, 1.807) is 18.4 Å². The molecule has 1 heterocycles. The molecule has 3 aromatic rings. The predicted octanol–water partition coefficient (Wildman–Crippen LogP) is 7.35. The van der Waals surface area contributed by atoms with Crippen LogP contribution in [0.4, 0.5) is 11.4 Å². The Hall–Kier alpha value is -2.66. The van der Waals surface area contributed by atoms with Gasteiger partial charge in [0.05, 0.1) is 25.1 Å². The van der Waals surface area contributed by atoms with Crippen molar-refractivity contribution in [3.63, 3.8) is 0 Å². The summed E-state index contributed by atoms with van der Waals surface area (Å²) in [6.45, 7) is 0.755. The smallest absolute Gasteiger partial charge is 0.119 e. The molecule has 0 unspecified atom stereocenters. The topological polar surface area (TPSA) is 43.2 Å². The summed E-state index contributed by atoms with van der Waals surface area (Å²) in [5.41, 5.74) is 3.06. The zero-order chi connectivity index (χ0) is 19.4. The lowest BCUT2D eigenvalue weighted by Crippen LogP contribution is -1.97. The Balaban J connectivity index is 1.33. The molecule has 0 aliphatic rings. The molecule has 4 nitrogen and oxygen atoms in total. The van der Waals surface area contributed by atoms with Gasteiger partial charge >= 0.3 is 0 Å². The molecule has 0 N–H and O–H groups in total. The first kappa shape index (κ1) is 20.1. The molecule has 0 atom stereocenters. The van der Waals surface area contributed by atoms with Crippen molar-refractivity contribution < 1.29 is 9.47 Å². The highest BCUT2D eigenvalue weighted by Gasteiger charge is 1.98. The van der Waals surface area contributed by atoms with E-state index in [-0.39, 0.29) is 0 Å². The van der Waals surface area contributed by atoms with E-state index in [0.29, 0.717) is 0 Å². The second kappa shape index (κ2) is 11.2. The quantitative estimate of drug-likeness (QED) is 0.252. The monoisotopic (exact) mass is 394 g/mol. The van der Waals surface area contributed by atoms with E-state index in [9.17, 15) is 0 Å². The summed E-state index contributed by atoms with van der Waals surface area (Å²) in [5.74, 6) is 1.68. The molecule has 0 saturated carbocycles. The molecular formula is C23H26N2O2S. The summed E-state index contributed by atoms with van der Waals surface area (Å²) in [6.07, 6.45) is 5.99. The fraction of sp³-hybridized carbons (Fsp3) is 0.304. The zero-order valence-corrected chi connectivity index (χ0v) is 17.0. The number of azo groups is 1. The maximum atomic E-state index is 5.82. The molecule has 1 aromatic heterocycles. The van der Waals surface area contributed by atoms with Gasteiger partial charge in [-0.15, -0.1) is 0 Å². The van der Waals surface area contributed by atoms with Gasteiger partial charge in [-0.2, -0.15) is 21.6 Å². The highest BCUT2D eigenvalue weighted by Crippen LogP contribution is 2.23. The number of benzene rings is 2. The first-order chi connectivity index (χ1) is 13.8. The lowest BCUT2D eigenvalue weighted by molar-refractivity contribution is 0.304. The van der Waals surface area contributed by atoms with Crippen molar-refractivity contribution in [1.82, 2.24) is 0 Å². The van der Waals surface area contributed by atoms with Crippen LogP contribution in [0.5, 0.6) is 11.5 Å². The van der Waals surface area contributed by atoms with Gasteiger partial charge < -0.3 is 9.47 Å². The van der Waals surface area contributed by atoms with Crippen molar-refractivity contribution in [3.8, 4) is 11.5 Å². The second-order valence-electron chi connectivity index (χ2n) is 6.54. The molecule has 2 aromatic carbocycles. The molecule has 5 heteroatoms. The third-order valence-corrected chi connectivity index (χ3v) is 5.13. The van der Waals surface area contributed by atoms with Gasteiger partial charge in [-0.05, 0) is 90.2 Å². The van der Waals surface area contributed by atoms with E-state index in [4.69, 9.17) is 9.47 Å². The van der Waals surface area contributed by atoms with Gasteiger partial charge in [0.1, 0.15) is 11.5 Å². The van der Waals surface area contributed by atoms with Gasteiger partial charge in [0.25, 0.3) is 0 Å². The minimum Gasteiger partial charge on any atom is -0.497 e. The Morgan fingerprint density at radius 3 is 2.00 bits per heavy atom. The molecule has 0 aliphatic heterocycles. The van der Waals surface area contributed by atoms with E-state index in [1.807, 2.05) is 48.5 Å². The number of unbranched alkanes of at least 4 members (excludes halogenated alkanes) is 3. The van der Waals surface area contributed by atoms with Crippen LogP contribution in [0.1, 0.15) is 31.2 Å². The molecule has 3 rings (SSSR count). The van der Waals surface area contributed by atoms with E-state index < -0.39 is 0 Å². The summed E-state index contributed by atoms with van der Waals surface area (Å²) < 4.78 is 11.0. The van der Waals surface area contributed by atoms with Crippen LogP contribution in [0.2, 0.25) is 0 Å². The van der Waals surface area contributed by atoms with Crippen molar-refractivity contribution in [2.75, 3.05) is 13.7 Å². The molecule has 0 fully saturated rings. The van der Waals surface area contributed by atoms with Crippen molar-refractivity contribution in [2.45, 2.75) is 32.1 Å². The first-order valence-corrected chi connectivity index (χ1v) is 10.6. The first-order valence-electron chi connectivity index (χ1n) is 9.63. The number of thiophene rings is 1. The predicted molar refractivity (Wildman–Crippen MR) is 116 cm³/mol. The molecule has 0 spiro atoms. The van der Waals surface area contributed by atoms with Crippen molar-refractivity contribution >= 4 is 22.7 Å². The number of hydrogen-bond acceptors (Lipinski definition) is 5. The van der Waals surface area contributed by atoms with Crippen molar-refractivity contribution in [3.05, 3.63) is 70.9 Å². The van der Waals surface area contributed by atoms with Crippen LogP contribution in [0.25, 0.3) is 0 Å². The molecule has 146 valence electrons. The van der Waals surface area contributed by atoms with E-state index in [0.717, 1.165) is 35.9 Å². The standard InChI is InChI=1S/C23H26N2O2S/c1-26-22-11-7-20(8-12-22)24-25-21-9-13-23(14-10-21)27-16-5-3-2-4-6-19-15-17-28-18-19/h7-15,17-18H,2-6,16H2,1H3. The third kappa shape index (κ3) is 6.82. The average Bonchev–Trinajstić information content (AvgIpc) is 3.26. The number of nitrogens with zero attached hydrogens (tertiary/aromatic N) is 2. The van der Waals surface area contributed by atoms with Crippen LogP contribution >= 0.6 is 11.3 Å². The van der Waals surface area contributed by atoms with Gasteiger partial charge in [-0.25, -0.2) is 0 Å². The molecule has 0 saturated heterocycles. The highest BCUT2D eigenvalue weighted by atomic mass is 32.1. The minimum absolute atomic E-state index is 0.755. The molecule has 0 amide bonds. The summed E-state index contributed by atoms with van der Waals surface area (Å²) in [4.78, 5) is 0. The summed E-state index contributed by atoms with van der Waals surface area (Å²) >= 11 is 1.78. The molecule has 0 radical (unpaired) electrons. The SMILES string of the molecule is COc1ccc(N=Nc2ccc(OCCCCCCc3ccsc3)cc2)cc1. The average molecular weight is 395 g/mol. The number of rotatable bonds is 11. The third-order valence-electron chi connectivity index (χ3n) is 4.40. The molecule has 28 heavy (non-hydrogen) atoms. The summed E-state index contributed by atoms with van der Waals surface area (Å²) in [5, 5.41) is 12.9. The minimum atomic E-state index is 0.755. The number of methoxy groups -OCH3 is 1. The maximum absolute atomic E-state index is 5.82. The van der Waals surface area contributed by atoms with Crippen molar-refractivity contribution in [1.29, 1.82) is 0 Å². The lowest BCUT2D eigenvalue weighted by Gasteiger charge is -2.06. The summed E-state index contributed by atoms with van der Waals surface area (Å²) in [7, 11) is 1.65. The van der Waals surface area contributed by atoms with E-state index >= 15 is 0 Å². The van der Waals surface area contributed by atoms with Gasteiger partial charge in [0.15, 0.2) is 0 Å². The van der Waals surface area contributed by atoms with Gasteiger partial charge in [0.2, 0.25) is 0 Å². The molecule has 0 bridgehead atoms. The van der Waals surface area contributed by atoms with Gasteiger partial charge in [-0.1, -0.05) is 12.8 Å². The van der Waals surface area contributed by atoms with Crippen LogP contribution in [0, 0.1) is 0 Å². The lowest BCUT2D eigenvalue weighted by atomic mass is 10.1. The second-order valence-corrected chi connectivity index (χ2v) is 7.32. The number of hydrogen-bond donors (Lipinski definition) is 0. The fourth-order valence-corrected chi connectivity index (χ4v) is 3.49. The van der Waals surface area contributed by atoms with Crippen molar-refractivity contribution in [2.24, 2.45) is 10.2 Å². The van der Waals surface area contributed by atoms with Crippen LogP contribution in [0.15, 0.2) is 75.6 Å². The Morgan fingerprint density at radius 2 is 1.39 bits per heavy atom. The van der Waals surface area contributed by atoms with E-state index in [1.165, 1.54) is 31.2 Å². The van der Waals surface area contributed by atoms with Gasteiger partial charge in [0, 0.05) is 0 Å². The Bertz CT molecular complexity index is 828. The largest absolute Gasteiger partial charge is 0.497 e. The number of ether oxygens (including phenoxy) is 2. The van der Waals surface area contributed by atoms with Crippen LogP contribution in [0.3, 0.4) is 0 Å². The van der Waals surface area contributed by atoms with Crippen LogP contribution < -0.4 is 9.47 Å². The Kier molecular flexibility index (Phi) is 8.07. The summed E-state index contributed by atoms with van der Waals surface area (Å²) in [6, 6.07) is 17.4. The number of aryl methyl sites for hydroxylation is 1. The van der Waals surface area contributed by atoms with Gasteiger partial charge in [-0.3, -0.25) is 0 Å². The Labute approximate surface area is 170 Å². The molecule has 0 aliphatic carbocycles. The van der Waals surface area contributed by atoms with Crippen LogP contribution in [-0.2, 0) is 6.42 Å². The fourth-order valence-electron chi connectivity index (χ4n) is 2.78. The van der Waals surface area contributed by atoms with E-state index in [2.05, 4.69) is 27.1 Å². The molecular weight excluding hydrogens is 368 g/mol. The zero-order valence-electron chi connectivity index (χ0n) is 16.2. The van der Waals surface area contributed by atoms with Crippen LogP contribution in [-0.4, -0.2) is 13.7 Å². The highest BCUT2D eigenvalue weighted by molar-refractivity contribution is 7.07. The Morgan fingerprint density at radius 1 is 0.750 bits per heavy atom.